The van der Waals surface area contributed by atoms with E-state index in [2.05, 4.69) is 57.2 Å². The van der Waals surface area contributed by atoms with E-state index < -0.39 is 0 Å². The van der Waals surface area contributed by atoms with Gasteiger partial charge in [0.1, 0.15) is 0 Å². The number of aryl methyl sites for hydroxylation is 3. The van der Waals surface area contributed by atoms with E-state index in [0.717, 1.165) is 22.3 Å². The standard InChI is InChI=1S/C24H21N3/c1-16-8-6-11-19(14-16)22-25-23(20-12-7-9-17(2)15-20)27-24(26-22)21-13-5-4-10-18(21)3/h4-15H,1-3H3. The maximum absolute atomic E-state index is 4.80. The molecule has 0 fully saturated rings. The van der Waals surface area contributed by atoms with Crippen molar-refractivity contribution >= 4 is 0 Å². The van der Waals surface area contributed by atoms with E-state index in [-0.39, 0.29) is 0 Å². The summed E-state index contributed by atoms with van der Waals surface area (Å²) in [5.74, 6) is 2.10. The second-order valence-corrected chi connectivity index (χ2v) is 6.86. The lowest BCUT2D eigenvalue weighted by atomic mass is 10.1. The van der Waals surface area contributed by atoms with Crippen LogP contribution >= 0.6 is 0 Å². The summed E-state index contributed by atoms with van der Waals surface area (Å²) in [7, 11) is 0. The summed E-state index contributed by atoms with van der Waals surface area (Å²) in [6.07, 6.45) is 0. The quantitative estimate of drug-likeness (QED) is 0.468. The van der Waals surface area contributed by atoms with E-state index in [1.165, 1.54) is 11.1 Å². The Labute approximate surface area is 159 Å². The van der Waals surface area contributed by atoms with Crippen LogP contribution in [0.25, 0.3) is 34.2 Å². The number of hydrogen-bond acceptors (Lipinski definition) is 3. The van der Waals surface area contributed by atoms with E-state index >= 15 is 0 Å². The van der Waals surface area contributed by atoms with E-state index in [9.17, 15) is 0 Å². The summed E-state index contributed by atoms with van der Waals surface area (Å²) in [5.41, 5.74) is 6.55. The number of benzene rings is 3. The number of rotatable bonds is 3. The molecule has 27 heavy (non-hydrogen) atoms. The predicted molar refractivity (Wildman–Crippen MR) is 110 cm³/mol. The normalized spacial score (nSPS) is 10.8. The Bertz CT molecular complexity index is 1050. The van der Waals surface area contributed by atoms with Crippen molar-refractivity contribution in [1.82, 2.24) is 15.0 Å². The van der Waals surface area contributed by atoms with Crippen LogP contribution in [0, 0.1) is 20.8 Å². The van der Waals surface area contributed by atoms with Gasteiger partial charge in [-0.25, -0.2) is 15.0 Å². The Kier molecular flexibility index (Phi) is 4.51. The Hall–Kier alpha value is -3.33. The largest absolute Gasteiger partial charge is 0.208 e. The third-order valence-electron chi connectivity index (χ3n) is 4.57. The molecular formula is C24H21N3. The van der Waals surface area contributed by atoms with Crippen LogP contribution in [0.5, 0.6) is 0 Å². The van der Waals surface area contributed by atoms with Gasteiger partial charge in [-0.2, -0.15) is 0 Å². The molecule has 0 amide bonds. The van der Waals surface area contributed by atoms with Crippen molar-refractivity contribution in [3.8, 4) is 34.2 Å². The van der Waals surface area contributed by atoms with Crippen LogP contribution in [0.4, 0.5) is 0 Å². The van der Waals surface area contributed by atoms with E-state index in [0.29, 0.717) is 17.5 Å². The molecule has 3 aromatic carbocycles. The second kappa shape index (κ2) is 7.12. The molecule has 0 N–H and O–H groups in total. The topological polar surface area (TPSA) is 38.7 Å². The van der Waals surface area contributed by atoms with Crippen LogP contribution in [0.1, 0.15) is 16.7 Å². The highest BCUT2D eigenvalue weighted by molar-refractivity contribution is 5.68. The molecule has 0 saturated heterocycles. The zero-order valence-corrected chi connectivity index (χ0v) is 15.8. The monoisotopic (exact) mass is 351 g/mol. The lowest BCUT2D eigenvalue weighted by Crippen LogP contribution is -2.01. The van der Waals surface area contributed by atoms with Crippen molar-refractivity contribution in [3.63, 3.8) is 0 Å². The molecular weight excluding hydrogens is 330 g/mol. The van der Waals surface area contributed by atoms with Crippen molar-refractivity contribution in [2.75, 3.05) is 0 Å². The van der Waals surface area contributed by atoms with Crippen molar-refractivity contribution in [2.45, 2.75) is 20.8 Å². The Balaban J connectivity index is 1.95. The Morgan fingerprint density at radius 2 is 1.04 bits per heavy atom. The summed E-state index contributed by atoms with van der Waals surface area (Å²) < 4.78 is 0. The van der Waals surface area contributed by atoms with Gasteiger partial charge >= 0.3 is 0 Å². The number of aromatic nitrogens is 3. The first-order valence-electron chi connectivity index (χ1n) is 9.06. The lowest BCUT2D eigenvalue weighted by molar-refractivity contribution is 1.07. The smallest absolute Gasteiger partial charge is 0.164 e. The van der Waals surface area contributed by atoms with Gasteiger partial charge in [-0.05, 0) is 38.5 Å². The molecule has 132 valence electrons. The van der Waals surface area contributed by atoms with Crippen LogP contribution in [0.15, 0.2) is 72.8 Å². The fraction of sp³-hybridized carbons (Fsp3) is 0.125. The minimum Gasteiger partial charge on any atom is -0.208 e. The van der Waals surface area contributed by atoms with Gasteiger partial charge in [0.15, 0.2) is 17.5 Å². The minimum absolute atomic E-state index is 0.698. The molecule has 0 aliphatic carbocycles. The van der Waals surface area contributed by atoms with Crippen LogP contribution in [0.2, 0.25) is 0 Å². The molecule has 0 bridgehead atoms. The highest BCUT2D eigenvalue weighted by Gasteiger charge is 2.13. The van der Waals surface area contributed by atoms with Gasteiger partial charge in [0.05, 0.1) is 0 Å². The van der Waals surface area contributed by atoms with Crippen LogP contribution in [-0.2, 0) is 0 Å². The van der Waals surface area contributed by atoms with Gasteiger partial charge in [-0.15, -0.1) is 0 Å². The van der Waals surface area contributed by atoms with E-state index in [4.69, 9.17) is 15.0 Å². The van der Waals surface area contributed by atoms with Gasteiger partial charge in [0.25, 0.3) is 0 Å². The van der Waals surface area contributed by atoms with Crippen LogP contribution < -0.4 is 0 Å². The molecule has 0 aliphatic rings. The summed E-state index contributed by atoms with van der Waals surface area (Å²) >= 11 is 0. The average molecular weight is 351 g/mol. The molecule has 0 atom stereocenters. The molecule has 1 heterocycles. The molecule has 4 aromatic rings. The highest BCUT2D eigenvalue weighted by atomic mass is 15.0. The molecule has 0 aliphatic heterocycles. The molecule has 0 radical (unpaired) electrons. The van der Waals surface area contributed by atoms with Gasteiger partial charge < -0.3 is 0 Å². The first-order valence-corrected chi connectivity index (χ1v) is 9.06. The molecule has 4 rings (SSSR count). The minimum atomic E-state index is 0.698. The van der Waals surface area contributed by atoms with Crippen LogP contribution in [0.3, 0.4) is 0 Å². The maximum atomic E-state index is 4.80. The van der Waals surface area contributed by atoms with Gasteiger partial charge in [-0.3, -0.25) is 0 Å². The van der Waals surface area contributed by atoms with Crippen molar-refractivity contribution in [2.24, 2.45) is 0 Å². The maximum Gasteiger partial charge on any atom is 0.164 e. The lowest BCUT2D eigenvalue weighted by Gasteiger charge is -2.10. The Morgan fingerprint density at radius 3 is 1.56 bits per heavy atom. The van der Waals surface area contributed by atoms with Crippen LogP contribution in [-0.4, -0.2) is 15.0 Å². The second-order valence-electron chi connectivity index (χ2n) is 6.86. The van der Waals surface area contributed by atoms with Crippen molar-refractivity contribution in [3.05, 3.63) is 89.5 Å². The zero-order valence-electron chi connectivity index (χ0n) is 15.8. The first-order chi connectivity index (χ1) is 13.1. The summed E-state index contributed by atoms with van der Waals surface area (Å²) in [5, 5.41) is 0. The molecule has 0 unspecified atom stereocenters. The fourth-order valence-corrected chi connectivity index (χ4v) is 3.15. The van der Waals surface area contributed by atoms with E-state index in [1.54, 1.807) is 0 Å². The fourth-order valence-electron chi connectivity index (χ4n) is 3.15. The summed E-state index contributed by atoms with van der Waals surface area (Å²) in [6, 6.07) is 24.7. The highest BCUT2D eigenvalue weighted by Crippen LogP contribution is 2.26. The number of nitrogens with zero attached hydrogens (tertiary/aromatic N) is 3. The van der Waals surface area contributed by atoms with E-state index in [1.807, 2.05) is 36.4 Å². The predicted octanol–water partition coefficient (Wildman–Crippen LogP) is 5.80. The molecule has 0 spiro atoms. The molecule has 1 aromatic heterocycles. The third-order valence-corrected chi connectivity index (χ3v) is 4.57. The Morgan fingerprint density at radius 1 is 0.519 bits per heavy atom. The summed E-state index contributed by atoms with van der Waals surface area (Å²) in [4.78, 5) is 14.4. The van der Waals surface area contributed by atoms with Gasteiger partial charge in [0, 0.05) is 16.7 Å². The SMILES string of the molecule is Cc1cccc(-c2nc(-c3cccc(C)c3)nc(-c3ccccc3C)n2)c1. The molecule has 3 nitrogen and oxygen atoms in total. The number of hydrogen-bond donors (Lipinski definition) is 0. The van der Waals surface area contributed by atoms with Crippen molar-refractivity contribution < 1.29 is 0 Å². The van der Waals surface area contributed by atoms with Gasteiger partial charge in [0.2, 0.25) is 0 Å². The summed E-state index contributed by atoms with van der Waals surface area (Å²) in [6.45, 7) is 6.24. The molecule has 3 heteroatoms. The van der Waals surface area contributed by atoms with Crippen molar-refractivity contribution in [1.29, 1.82) is 0 Å². The molecule has 0 saturated carbocycles. The first kappa shape index (κ1) is 17.1. The average Bonchev–Trinajstić information content (AvgIpc) is 2.68. The zero-order chi connectivity index (χ0) is 18.8. The third kappa shape index (κ3) is 3.63. The van der Waals surface area contributed by atoms with Gasteiger partial charge in [-0.1, -0.05) is 71.8 Å².